The van der Waals surface area contributed by atoms with Crippen molar-refractivity contribution in [3.8, 4) is 0 Å². The van der Waals surface area contributed by atoms with E-state index in [1.807, 2.05) is 30.9 Å². The van der Waals surface area contributed by atoms with Crippen LogP contribution in [-0.2, 0) is 25.5 Å². The van der Waals surface area contributed by atoms with Gasteiger partial charge in [0.25, 0.3) is 0 Å². The minimum Gasteiger partial charge on any atom is -0.465 e. The zero-order valence-corrected chi connectivity index (χ0v) is 21.4. The molecule has 2 amide bonds. The summed E-state index contributed by atoms with van der Waals surface area (Å²) in [6.07, 6.45) is 6.49. The number of rotatable bonds is 8. The van der Waals surface area contributed by atoms with Gasteiger partial charge in [-0.05, 0) is 57.2 Å². The van der Waals surface area contributed by atoms with E-state index in [1.165, 1.54) is 13.3 Å². The molecule has 1 aromatic carbocycles. The Bertz CT molecular complexity index is 867. The Morgan fingerprint density at radius 3 is 2.38 bits per heavy atom. The molecule has 1 aliphatic carbocycles. The number of amides is 2. The largest absolute Gasteiger partial charge is 0.465 e. The summed E-state index contributed by atoms with van der Waals surface area (Å²) in [5, 5.41) is 0.648. The molecular weight excluding hydrogens is 454 g/mol. The summed E-state index contributed by atoms with van der Waals surface area (Å²) in [6.45, 7) is 6.12. The van der Waals surface area contributed by atoms with E-state index in [9.17, 15) is 14.4 Å². The van der Waals surface area contributed by atoms with Crippen LogP contribution in [0, 0.1) is 5.41 Å². The molecule has 0 spiro atoms. The third-order valence-corrected chi connectivity index (χ3v) is 7.22. The molecule has 1 saturated heterocycles. The number of nitrogens with two attached hydrogens (primary N) is 1. The molecule has 1 unspecified atom stereocenters. The van der Waals surface area contributed by atoms with Gasteiger partial charge in [0.05, 0.1) is 17.5 Å². The minimum absolute atomic E-state index is 0.00888. The van der Waals surface area contributed by atoms with Gasteiger partial charge >= 0.3 is 5.97 Å². The first-order chi connectivity index (χ1) is 16.1. The van der Waals surface area contributed by atoms with Crippen LogP contribution in [0.1, 0.15) is 64.9 Å². The SMILES string of the molecule is CC(=O)OCC(C)(C)C(=O)N(C1CCCCC1)[C@H]1CCN(C(=O)C(N)Cc2ccc(Cl)cc2)C1. The van der Waals surface area contributed by atoms with Gasteiger partial charge in [-0.25, -0.2) is 0 Å². The topological polar surface area (TPSA) is 92.9 Å². The first kappa shape index (κ1) is 26.5. The Morgan fingerprint density at radius 2 is 1.76 bits per heavy atom. The van der Waals surface area contributed by atoms with Crippen molar-refractivity contribution < 1.29 is 19.1 Å². The lowest BCUT2D eigenvalue weighted by Crippen LogP contribution is -2.55. The summed E-state index contributed by atoms with van der Waals surface area (Å²) in [4.78, 5) is 42.0. The predicted molar refractivity (Wildman–Crippen MR) is 132 cm³/mol. The molecule has 1 aromatic rings. The highest BCUT2D eigenvalue weighted by molar-refractivity contribution is 6.30. The molecule has 188 valence electrons. The average molecular weight is 492 g/mol. The van der Waals surface area contributed by atoms with Crippen LogP contribution in [0.3, 0.4) is 0 Å². The Hall–Kier alpha value is -2.12. The molecule has 2 fully saturated rings. The summed E-state index contributed by atoms with van der Waals surface area (Å²) in [5.74, 6) is -0.490. The second kappa shape index (κ2) is 11.5. The van der Waals surface area contributed by atoms with Crippen LogP contribution >= 0.6 is 11.6 Å². The molecule has 2 atom stereocenters. The molecule has 7 nitrogen and oxygen atoms in total. The maximum absolute atomic E-state index is 13.7. The molecule has 8 heteroatoms. The first-order valence-electron chi connectivity index (χ1n) is 12.3. The summed E-state index contributed by atoms with van der Waals surface area (Å²) in [6, 6.07) is 6.82. The van der Waals surface area contributed by atoms with E-state index in [0.29, 0.717) is 24.5 Å². The highest BCUT2D eigenvalue weighted by Gasteiger charge is 2.43. The Morgan fingerprint density at radius 1 is 1.12 bits per heavy atom. The molecule has 0 radical (unpaired) electrons. The van der Waals surface area contributed by atoms with Gasteiger partial charge in [0.15, 0.2) is 0 Å². The Labute approximate surface area is 207 Å². The third kappa shape index (κ3) is 6.72. The quantitative estimate of drug-likeness (QED) is 0.561. The minimum atomic E-state index is -0.828. The summed E-state index contributed by atoms with van der Waals surface area (Å²) >= 11 is 5.95. The van der Waals surface area contributed by atoms with Gasteiger partial charge in [0.2, 0.25) is 11.8 Å². The average Bonchev–Trinajstić information content (AvgIpc) is 3.29. The monoisotopic (exact) mass is 491 g/mol. The number of hydrogen-bond acceptors (Lipinski definition) is 5. The summed E-state index contributed by atoms with van der Waals surface area (Å²) in [5.41, 5.74) is 6.41. The van der Waals surface area contributed by atoms with E-state index in [4.69, 9.17) is 22.1 Å². The van der Waals surface area contributed by atoms with Crippen LogP contribution in [0.25, 0.3) is 0 Å². The van der Waals surface area contributed by atoms with E-state index in [2.05, 4.69) is 0 Å². The fourth-order valence-electron chi connectivity index (χ4n) is 5.05. The van der Waals surface area contributed by atoms with Crippen molar-refractivity contribution in [3.63, 3.8) is 0 Å². The number of benzene rings is 1. The smallest absolute Gasteiger partial charge is 0.302 e. The molecule has 1 heterocycles. The van der Waals surface area contributed by atoms with Crippen molar-refractivity contribution in [2.45, 2.75) is 83.8 Å². The zero-order chi connectivity index (χ0) is 24.9. The zero-order valence-electron chi connectivity index (χ0n) is 20.6. The number of carbonyl (C=O) groups is 3. The molecule has 2 aliphatic rings. The fourth-order valence-corrected chi connectivity index (χ4v) is 5.17. The second-order valence-electron chi connectivity index (χ2n) is 10.3. The number of likely N-dealkylation sites (tertiary alicyclic amines) is 1. The molecule has 1 aliphatic heterocycles. The van der Waals surface area contributed by atoms with E-state index in [0.717, 1.165) is 37.7 Å². The van der Waals surface area contributed by atoms with E-state index in [-0.39, 0.29) is 30.5 Å². The van der Waals surface area contributed by atoms with Gasteiger partial charge in [-0.3, -0.25) is 14.4 Å². The van der Waals surface area contributed by atoms with Gasteiger partial charge < -0.3 is 20.3 Å². The van der Waals surface area contributed by atoms with Crippen molar-refractivity contribution in [2.75, 3.05) is 19.7 Å². The number of esters is 1. The number of ether oxygens (including phenoxy) is 1. The number of carbonyl (C=O) groups excluding carboxylic acids is 3. The van der Waals surface area contributed by atoms with Gasteiger partial charge in [0, 0.05) is 31.1 Å². The first-order valence-corrected chi connectivity index (χ1v) is 12.7. The van der Waals surface area contributed by atoms with Gasteiger partial charge in [0.1, 0.15) is 6.61 Å². The van der Waals surface area contributed by atoms with Crippen LogP contribution in [0.4, 0.5) is 0 Å². The Kier molecular flexibility index (Phi) is 8.99. The standard InChI is InChI=1S/C26H38ClN3O4/c1-18(31)34-17-26(2,3)25(33)30(21-7-5-4-6-8-21)22-13-14-29(16-22)24(32)23(28)15-19-9-11-20(27)12-10-19/h9-12,21-23H,4-8,13-17,28H2,1-3H3/t22-,23?/m0/s1. The van der Waals surface area contributed by atoms with Crippen molar-refractivity contribution in [2.24, 2.45) is 11.1 Å². The predicted octanol–water partition coefficient (Wildman–Crippen LogP) is 3.56. The van der Waals surface area contributed by atoms with Crippen LogP contribution in [0.5, 0.6) is 0 Å². The second-order valence-corrected chi connectivity index (χ2v) is 10.8. The van der Waals surface area contributed by atoms with Gasteiger partial charge in [-0.15, -0.1) is 0 Å². The lowest BCUT2D eigenvalue weighted by atomic mass is 9.87. The van der Waals surface area contributed by atoms with Gasteiger partial charge in [-0.1, -0.05) is 43.0 Å². The Balaban J connectivity index is 1.69. The molecule has 0 bridgehead atoms. The molecule has 0 aromatic heterocycles. The lowest BCUT2D eigenvalue weighted by molar-refractivity contribution is -0.155. The highest BCUT2D eigenvalue weighted by atomic mass is 35.5. The lowest BCUT2D eigenvalue weighted by Gasteiger charge is -2.42. The van der Waals surface area contributed by atoms with Crippen molar-refractivity contribution in [1.82, 2.24) is 9.80 Å². The van der Waals surface area contributed by atoms with Crippen molar-refractivity contribution in [1.29, 1.82) is 0 Å². The normalized spacial score (nSPS) is 20.1. The van der Waals surface area contributed by atoms with Crippen LogP contribution < -0.4 is 5.73 Å². The maximum Gasteiger partial charge on any atom is 0.302 e. The number of nitrogens with zero attached hydrogens (tertiary/aromatic N) is 2. The van der Waals surface area contributed by atoms with Crippen LogP contribution in [0.15, 0.2) is 24.3 Å². The van der Waals surface area contributed by atoms with Crippen LogP contribution in [-0.4, -0.2) is 65.4 Å². The molecule has 34 heavy (non-hydrogen) atoms. The third-order valence-electron chi connectivity index (χ3n) is 6.97. The van der Waals surface area contributed by atoms with E-state index in [1.54, 1.807) is 17.0 Å². The molecule has 1 saturated carbocycles. The van der Waals surface area contributed by atoms with E-state index >= 15 is 0 Å². The van der Waals surface area contributed by atoms with Crippen molar-refractivity contribution in [3.05, 3.63) is 34.9 Å². The maximum atomic E-state index is 13.7. The molecule has 2 N–H and O–H groups in total. The van der Waals surface area contributed by atoms with E-state index < -0.39 is 17.4 Å². The summed E-state index contributed by atoms with van der Waals surface area (Å²) < 4.78 is 5.21. The molecule has 3 rings (SSSR count). The highest BCUT2D eigenvalue weighted by Crippen LogP contribution is 2.32. The number of hydrogen-bond donors (Lipinski definition) is 1. The van der Waals surface area contributed by atoms with Gasteiger partial charge in [-0.2, -0.15) is 0 Å². The number of halogens is 1. The fraction of sp³-hybridized carbons (Fsp3) is 0.654. The van der Waals surface area contributed by atoms with Crippen LogP contribution in [0.2, 0.25) is 5.02 Å². The molecular formula is C26H38ClN3O4. The van der Waals surface area contributed by atoms with Crippen molar-refractivity contribution >= 4 is 29.4 Å². The summed E-state index contributed by atoms with van der Waals surface area (Å²) in [7, 11) is 0.